The van der Waals surface area contributed by atoms with E-state index in [4.69, 9.17) is 0 Å². The summed E-state index contributed by atoms with van der Waals surface area (Å²) in [4.78, 5) is 17.4. The molecule has 2 aromatic carbocycles. The second-order valence-corrected chi connectivity index (χ2v) is 9.96. The van der Waals surface area contributed by atoms with E-state index >= 15 is 0 Å². The van der Waals surface area contributed by atoms with Gasteiger partial charge in [0.25, 0.3) is 5.91 Å². The lowest BCUT2D eigenvalue weighted by Crippen LogP contribution is -2.47. The Morgan fingerprint density at radius 2 is 1.78 bits per heavy atom. The van der Waals surface area contributed by atoms with Crippen molar-refractivity contribution in [1.29, 1.82) is 0 Å². The molecule has 2 bridgehead atoms. The molecule has 1 heterocycles. The molecule has 6 heteroatoms. The van der Waals surface area contributed by atoms with E-state index in [1.807, 2.05) is 24.3 Å². The quantitative estimate of drug-likeness (QED) is 0.566. The third-order valence-electron chi connectivity index (χ3n) is 8.37. The minimum absolute atomic E-state index is 0.101. The summed E-state index contributed by atoms with van der Waals surface area (Å²) in [5.74, 6) is -1.22. The van der Waals surface area contributed by atoms with Gasteiger partial charge in [-0.1, -0.05) is 39.0 Å². The van der Waals surface area contributed by atoms with Crippen molar-refractivity contribution in [3.05, 3.63) is 72.3 Å². The number of carbonyl (C=O) groups is 1. The van der Waals surface area contributed by atoms with Crippen molar-refractivity contribution >= 4 is 5.91 Å². The van der Waals surface area contributed by atoms with Crippen LogP contribution in [0.2, 0.25) is 0 Å². The Morgan fingerprint density at radius 3 is 2.41 bits per heavy atom. The molecule has 2 saturated carbocycles. The summed E-state index contributed by atoms with van der Waals surface area (Å²) < 4.78 is 28.6. The van der Waals surface area contributed by atoms with Gasteiger partial charge in [0.15, 0.2) is 11.6 Å². The molecule has 166 valence electrons. The number of nitrogens with zero attached hydrogens (tertiary/aromatic N) is 2. The number of fused-ring (bicyclic) bond motifs is 2. The van der Waals surface area contributed by atoms with E-state index in [1.165, 1.54) is 12.5 Å². The zero-order valence-electron chi connectivity index (χ0n) is 18.5. The van der Waals surface area contributed by atoms with E-state index in [-0.39, 0.29) is 22.8 Å². The number of amides is 1. The third kappa shape index (κ3) is 3.07. The van der Waals surface area contributed by atoms with Crippen LogP contribution in [0.1, 0.15) is 50.5 Å². The molecule has 32 heavy (non-hydrogen) atoms. The molecule has 0 saturated heterocycles. The monoisotopic (exact) mass is 435 g/mol. The summed E-state index contributed by atoms with van der Waals surface area (Å²) in [6, 6.07) is 11.3. The van der Waals surface area contributed by atoms with E-state index < -0.39 is 11.6 Å². The number of carbonyl (C=O) groups excluding carboxylic acids is 1. The van der Waals surface area contributed by atoms with Gasteiger partial charge < -0.3 is 5.32 Å². The summed E-state index contributed by atoms with van der Waals surface area (Å²) in [5.41, 5.74) is 2.93. The predicted octanol–water partition coefficient (Wildman–Crippen LogP) is 5.76. The highest BCUT2D eigenvalue weighted by Crippen LogP contribution is 2.65. The number of benzene rings is 2. The SMILES string of the molecule is CC1(C)[C@H]2CC[C@@]1(C)[C@@H](NC(=O)c1cncn1-c1ccc(-c3ccc(F)c(F)c3)cc1)C2. The average molecular weight is 436 g/mol. The first-order valence-electron chi connectivity index (χ1n) is 11.1. The van der Waals surface area contributed by atoms with Gasteiger partial charge in [-0.3, -0.25) is 9.36 Å². The average Bonchev–Trinajstić information content (AvgIpc) is 3.39. The Balaban J connectivity index is 1.37. The highest BCUT2D eigenvalue weighted by Gasteiger charge is 2.61. The van der Waals surface area contributed by atoms with Gasteiger partial charge in [-0.25, -0.2) is 13.8 Å². The standard InChI is InChI=1S/C26H27F2N3O/c1-25(2)18-10-11-26(25,3)23(13-18)30-24(32)22-14-29-15-31(22)19-7-4-16(5-8-19)17-6-9-20(27)21(28)12-17/h4-9,12,14-15,18,23H,10-11,13H2,1-3H3,(H,30,32)/t18-,23-,26-/m0/s1. The van der Waals surface area contributed by atoms with E-state index in [1.54, 1.807) is 23.2 Å². The van der Waals surface area contributed by atoms with Crippen LogP contribution in [0.15, 0.2) is 55.0 Å². The fraction of sp³-hybridized carbons (Fsp3) is 0.385. The van der Waals surface area contributed by atoms with Gasteiger partial charge in [0, 0.05) is 11.7 Å². The van der Waals surface area contributed by atoms with Crippen molar-refractivity contribution in [3.63, 3.8) is 0 Å². The summed E-state index contributed by atoms with van der Waals surface area (Å²) in [5, 5.41) is 3.29. The van der Waals surface area contributed by atoms with Gasteiger partial charge in [-0.2, -0.15) is 0 Å². The lowest BCUT2D eigenvalue weighted by atomic mass is 9.69. The fourth-order valence-corrected chi connectivity index (χ4v) is 5.81. The molecule has 1 N–H and O–H groups in total. The van der Waals surface area contributed by atoms with E-state index in [0.29, 0.717) is 17.2 Å². The zero-order chi connectivity index (χ0) is 22.7. The summed E-state index contributed by atoms with van der Waals surface area (Å²) in [7, 11) is 0. The normalized spacial score (nSPS) is 25.8. The molecule has 0 radical (unpaired) electrons. The van der Waals surface area contributed by atoms with Gasteiger partial charge in [-0.15, -0.1) is 0 Å². The second kappa shape index (κ2) is 7.26. The highest BCUT2D eigenvalue weighted by atomic mass is 19.2. The lowest BCUT2D eigenvalue weighted by molar-refractivity contribution is 0.0820. The second-order valence-electron chi connectivity index (χ2n) is 9.96. The molecule has 4 nitrogen and oxygen atoms in total. The molecule has 1 aromatic heterocycles. The molecular formula is C26H27F2N3O. The Hall–Kier alpha value is -3.02. The predicted molar refractivity (Wildman–Crippen MR) is 119 cm³/mol. The molecule has 3 atom stereocenters. The molecular weight excluding hydrogens is 408 g/mol. The Bertz CT molecular complexity index is 1180. The van der Waals surface area contributed by atoms with Crippen molar-refractivity contribution in [3.8, 4) is 16.8 Å². The molecule has 0 spiro atoms. The van der Waals surface area contributed by atoms with E-state index in [2.05, 4.69) is 31.1 Å². The first kappa shape index (κ1) is 20.9. The Kier molecular flexibility index (Phi) is 4.73. The van der Waals surface area contributed by atoms with Gasteiger partial charge in [-0.05, 0) is 71.4 Å². The van der Waals surface area contributed by atoms with Crippen LogP contribution in [-0.2, 0) is 0 Å². The van der Waals surface area contributed by atoms with Crippen molar-refractivity contribution in [2.24, 2.45) is 16.7 Å². The van der Waals surface area contributed by atoms with Crippen LogP contribution in [0.4, 0.5) is 8.78 Å². The van der Waals surface area contributed by atoms with Crippen LogP contribution >= 0.6 is 0 Å². The van der Waals surface area contributed by atoms with Gasteiger partial charge >= 0.3 is 0 Å². The van der Waals surface area contributed by atoms with Crippen molar-refractivity contribution < 1.29 is 13.6 Å². The minimum atomic E-state index is -0.877. The fourth-order valence-electron chi connectivity index (χ4n) is 5.81. The Labute approximate surface area is 186 Å². The van der Waals surface area contributed by atoms with E-state index in [9.17, 15) is 13.6 Å². The summed E-state index contributed by atoms with van der Waals surface area (Å²) >= 11 is 0. The van der Waals surface area contributed by atoms with Crippen molar-refractivity contribution in [1.82, 2.24) is 14.9 Å². The van der Waals surface area contributed by atoms with Crippen LogP contribution in [0, 0.1) is 28.4 Å². The summed E-state index contributed by atoms with van der Waals surface area (Å²) in [6.07, 6.45) is 6.60. The van der Waals surface area contributed by atoms with Gasteiger partial charge in [0.2, 0.25) is 0 Å². The first-order valence-corrected chi connectivity index (χ1v) is 11.1. The maximum absolute atomic E-state index is 13.6. The number of nitrogens with one attached hydrogen (secondary N) is 1. The molecule has 0 aliphatic heterocycles. The van der Waals surface area contributed by atoms with Crippen LogP contribution < -0.4 is 5.32 Å². The topological polar surface area (TPSA) is 46.9 Å². The van der Waals surface area contributed by atoms with Crippen LogP contribution in [0.3, 0.4) is 0 Å². The molecule has 3 aromatic rings. The van der Waals surface area contributed by atoms with Crippen LogP contribution in [0.25, 0.3) is 16.8 Å². The number of halogens is 2. The lowest BCUT2D eigenvalue weighted by Gasteiger charge is -2.39. The van der Waals surface area contributed by atoms with Gasteiger partial charge in [0.05, 0.1) is 12.5 Å². The third-order valence-corrected chi connectivity index (χ3v) is 8.37. The molecule has 1 amide bonds. The van der Waals surface area contributed by atoms with Gasteiger partial charge in [0.1, 0.15) is 5.69 Å². The van der Waals surface area contributed by atoms with Crippen LogP contribution in [-0.4, -0.2) is 21.5 Å². The van der Waals surface area contributed by atoms with Crippen LogP contribution in [0.5, 0.6) is 0 Å². The Morgan fingerprint density at radius 1 is 1.06 bits per heavy atom. The first-order chi connectivity index (χ1) is 15.2. The molecule has 2 aliphatic carbocycles. The highest BCUT2D eigenvalue weighted by molar-refractivity contribution is 5.93. The van der Waals surface area contributed by atoms with E-state index in [0.717, 1.165) is 30.2 Å². The van der Waals surface area contributed by atoms with Crippen molar-refractivity contribution in [2.45, 2.75) is 46.1 Å². The number of hydrogen-bond donors (Lipinski definition) is 1. The minimum Gasteiger partial charge on any atom is -0.347 e. The molecule has 0 unspecified atom stereocenters. The molecule has 2 aliphatic rings. The van der Waals surface area contributed by atoms with Crippen molar-refractivity contribution in [2.75, 3.05) is 0 Å². The zero-order valence-corrected chi connectivity index (χ0v) is 18.5. The number of aromatic nitrogens is 2. The molecule has 2 fully saturated rings. The molecule has 5 rings (SSSR count). The maximum Gasteiger partial charge on any atom is 0.270 e. The smallest absolute Gasteiger partial charge is 0.270 e. The number of imidazole rings is 1. The summed E-state index contributed by atoms with van der Waals surface area (Å²) in [6.45, 7) is 6.96. The number of rotatable bonds is 4. The maximum atomic E-state index is 13.6. The largest absolute Gasteiger partial charge is 0.347 e. The number of hydrogen-bond acceptors (Lipinski definition) is 2.